The highest BCUT2D eigenvalue weighted by molar-refractivity contribution is 6.17. The molecule has 0 radical (unpaired) electrons. The summed E-state index contributed by atoms with van der Waals surface area (Å²) >= 11 is 0. The molecule has 0 N–H and O–H groups in total. The van der Waals surface area contributed by atoms with Gasteiger partial charge < -0.3 is 0 Å². The molecule has 2 rings (SSSR count). The molecule has 1 amide bonds. The van der Waals surface area contributed by atoms with Crippen LogP contribution in [0.3, 0.4) is 0 Å². The number of hydrogen-bond donors (Lipinski definition) is 0. The van der Waals surface area contributed by atoms with Crippen LogP contribution >= 0.6 is 0 Å². The Bertz CT molecular complexity index is 605. The fourth-order valence-electron chi connectivity index (χ4n) is 1.85. The molecule has 0 spiro atoms. The first-order valence-electron chi connectivity index (χ1n) is 5.68. The van der Waals surface area contributed by atoms with E-state index in [-0.39, 0.29) is 5.69 Å². The van der Waals surface area contributed by atoms with Crippen LogP contribution in [-0.4, -0.2) is 17.8 Å². The van der Waals surface area contributed by atoms with Gasteiger partial charge in [-0.25, -0.2) is 0 Å². The third-order valence-electron chi connectivity index (χ3n) is 2.91. The van der Waals surface area contributed by atoms with Crippen molar-refractivity contribution in [2.45, 2.75) is 19.3 Å². The van der Waals surface area contributed by atoms with E-state index >= 15 is 0 Å². The highest BCUT2D eigenvalue weighted by atomic mass is 19.4. The minimum absolute atomic E-state index is 0.350. The van der Waals surface area contributed by atoms with Gasteiger partial charge in [0.2, 0.25) is 0 Å². The van der Waals surface area contributed by atoms with Crippen LogP contribution in [0, 0.1) is 5.92 Å². The molecule has 3 nitrogen and oxygen atoms in total. The Hall–Kier alpha value is -2.06. The lowest BCUT2D eigenvalue weighted by Crippen LogP contribution is -2.31. The Morgan fingerprint density at radius 3 is 2.19 bits per heavy atom. The van der Waals surface area contributed by atoms with Crippen LogP contribution in [0.2, 0.25) is 0 Å². The number of amides is 1. The van der Waals surface area contributed by atoms with Gasteiger partial charge in [0.05, 0.1) is 17.2 Å². The van der Waals surface area contributed by atoms with Gasteiger partial charge in [0.1, 0.15) is 0 Å². The molecule has 1 atom stereocenters. The number of anilines is 1. The van der Waals surface area contributed by atoms with Gasteiger partial charge >= 0.3 is 12.4 Å². The Morgan fingerprint density at radius 1 is 1.10 bits per heavy atom. The van der Waals surface area contributed by atoms with Crippen molar-refractivity contribution in [1.82, 2.24) is 0 Å². The second kappa shape index (κ2) is 4.74. The zero-order valence-corrected chi connectivity index (χ0v) is 10.5. The van der Waals surface area contributed by atoms with Crippen molar-refractivity contribution in [3.05, 3.63) is 29.8 Å². The average molecular weight is 310 g/mol. The molecule has 0 saturated heterocycles. The molecule has 1 heterocycles. The Morgan fingerprint density at radius 2 is 1.71 bits per heavy atom. The van der Waals surface area contributed by atoms with Crippen molar-refractivity contribution in [2.75, 3.05) is 5.01 Å². The van der Waals surface area contributed by atoms with E-state index in [0.717, 1.165) is 25.1 Å². The SMILES string of the molecule is CC1C(=O)N(c2cccc(C(F)(F)F)c2)N=C1C(F)(F)F. The monoisotopic (exact) mass is 310 g/mol. The van der Waals surface area contributed by atoms with Crippen LogP contribution in [0.4, 0.5) is 32.0 Å². The lowest BCUT2D eigenvalue weighted by Gasteiger charge is -2.14. The highest BCUT2D eigenvalue weighted by Crippen LogP contribution is 2.35. The second-order valence-electron chi connectivity index (χ2n) is 4.40. The molecule has 1 aromatic carbocycles. The molecule has 0 bridgehead atoms. The van der Waals surface area contributed by atoms with Gasteiger partial charge in [0, 0.05) is 0 Å². The molecule has 0 saturated carbocycles. The summed E-state index contributed by atoms with van der Waals surface area (Å²) in [7, 11) is 0. The predicted molar refractivity (Wildman–Crippen MR) is 61.6 cm³/mol. The first-order chi connectivity index (χ1) is 9.51. The van der Waals surface area contributed by atoms with E-state index in [1.54, 1.807) is 0 Å². The van der Waals surface area contributed by atoms with Crippen LogP contribution in [0.1, 0.15) is 12.5 Å². The van der Waals surface area contributed by atoms with E-state index in [1.807, 2.05) is 0 Å². The summed E-state index contributed by atoms with van der Waals surface area (Å²) in [5, 5.41) is 3.47. The van der Waals surface area contributed by atoms with Crippen LogP contribution in [-0.2, 0) is 11.0 Å². The number of halogens is 6. The summed E-state index contributed by atoms with van der Waals surface area (Å²) in [6.45, 7) is 1.00. The molecule has 1 aliphatic rings. The minimum Gasteiger partial charge on any atom is -0.272 e. The van der Waals surface area contributed by atoms with Gasteiger partial charge in [-0.1, -0.05) is 6.07 Å². The molecular formula is C12H8F6N2O. The number of carbonyl (C=O) groups excluding carboxylic acids is 1. The van der Waals surface area contributed by atoms with E-state index in [1.165, 1.54) is 0 Å². The van der Waals surface area contributed by atoms with Gasteiger partial charge in [0.25, 0.3) is 5.91 Å². The van der Waals surface area contributed by atoms with Gasteiger partial charge in [0.15, 0.2) is 5.71 Å². The molecular weight excluding hydrogens is 302 g/mol. The molecule has 9 heteroatoms. The maximum atomic E-state index is 12.7. The fraction of sp³-hybridized carbons (Fsp3) is 0.333. The quantitative estimate of drug-likeness (QED) is 0.729. The number of hydrazone groups is 1. The zero-order valence-electron chi connectivity index (χ0n) is 10.5. The number of nitrogens with zero attached hydrogens (tertiary/aromatic N) is 2. The first-order valence-corrected chi connectivity index (χ1v) is 5.68. The van der Waals surface area contributed by atoms with Crippen molar-refractivity contribution < 1.29 is 31.1 Å². The van der Waals surface area contributed by atoms with Crippen molar-refractivity contribution in [2.24, 2.45) is 11.0 Å². The highest BCUT2D eigenvalue weighted by Gasteiger charge is 2.48. The number of benzene rings is 1. The minimum atomic E-state index is -4.81. The maximum absolute atomic E-state index is 12.7. The number of alkyl halides is 6. The summed E-state index contributed by atoms with van der Waals surface area (Å²) in [6.07, 6.45) is -9.48. The maximum Gasteiger partial charge on any atom is 0.432 e. The summed E-state index contributed by atoms with van der Waals surface area (Å²) < 4.78 is 75.7. The molecule has 1 aliphatic heterocycles. The standard InChI is InChI=1S/C12H8F6N2O/c1-6-9(12(16,17)18)19-20(10(6)21)8-4-2-3-7(5-8)11(13,14)15/h2-6H,1H3. The van der Waals surface area contributed by atoms with Crippen molar-refractivity contribution >= 4 is 17.3 Å². The van der Waals surface area contributed by atoms with E-state index in [9.17, 15) is 31.1 Å². The van der Waals surface area contributed by atoms with Crippen molar-refractivity contribution in [1.29, 1.82) is 0 Å². The third kappa shape index (κ3) is 2.86. The van der Waals surface area contributed by atoms with E-state index in [2.05, 4.69) is 5.10 Å². The van der Waals surface area contributed by atoms with Crippen molar-refractivity contribution in [3.8, 4) is 0 Å². The van der Waals surface area contributed by atoms with E-state index in [0.29, 0.717) is 11.1 Å². The summed E-state index contributed by atoms with van der Waals surface area (Å²) in [5.41, 5.74) is -2.76. The molecule has 21 heavy (non-hydrogen) atoms. The van der Waals surface area contributed by atoms with E-state index < -0.39 is 35.5 Å². The predicted octanol–water partition coefficient (Wildman–Crippen LogP) is 3.61. The molecule has 1 aromatic rings. The van der Waals surface area contributed by atoms with Gasteiger partial charge in [-0.05, 0) is 25.1 Å². The summed E-state index contributed by atoms with van der Waals surface area (Å²) in [5.74, 6) is -2.58. The van der Waals surface area contributed by atoms with Crippen LogP contribution in [0.5, 0.6) is 0 Å². The Balaban J connectivity index is 2.44. The van der Waals surface area contributed by atoms with Crippen LogP contribution in [0.15, 0.2) is 29.4 Å². The second-order valence-corrected chi connectivity index (χ2v) is 4.40. The van der Waals surface area contributed by atoms with Gasteiger partial charge in [-0.15, -0.1) is 0 Å². The van der Waals surface area contributed by atoms with E-state index in [4.69, 9.17) is 0 Å². The lowest BCUT2D eigenvalue weighted by molar-refractivity contribution is -0.137. The largest absolute Gasteiger partial charge is 0.432 e. The summed E-state index contributed by atoms with van der Waals surface area (Å²) in [4.78, 5) is 11.8. The van der Waals surface area contributed by atoms with Crippen molar-refractivity contribution in [3.63, 3.8) is 0 Å². The number of rotatable bonds is 1. The smallest absolute Gasteiger partial charge is 0.272 e. The zero-order chi connectivity index (χ0) is 16.0. The summed E-state index contributed by atoms with van der Waals surface area (Å²) in [6, 6.07) is 3.41. The van der Waals surface area contributed by atoms with Gasteiger partial charge in [-0.2, -0.15) is 36.5 Å². The third-order valence-corrected chi connectivity index (χ3v) is 2.91. The van der Waals surface area contributed by atoms with Gasteiger partial charge in [-0.3, -0.25) is 4.79 Å². The molecule has 0 aromatic heterocycles. The number of carbonyl (C=O) groups is 1. The Kier molecular flexibility index (Phi) is 3.46. The fourth-order valence-corrected chi connectivity index (χ4v) is 1.85. The van der Waals surface area contributed by atoms with Crippen LogP contribution in [0.25, 0.3) is 0 Å². The first kappa shape index (κ1) is 15.3. The lowest BCUT2D eigenvalue weighted by atomic mass is 10.1. The molecule has 1 unspecified atom stereocenters. The molecule has 0 fully saturated rings. The number of hydrogen-bond acceptors (Lipinski definition) is 2. The van der Waals surface area contributed by atoms with Crippen LogP contribution < -0.4 is 5.01 Å². The molecule has 0 aliphatic carbocycles. The average Bonchev–Trinajstić information content (AvgIpc) is 2.65. The topological polar surface area (TPSA) is 32.7 Å². The normalized spacial score (nSPS) is 20.0. The molecule has 114 valence electrons. The Labute approximate surface area is 114 Å².